The van der Waals surface area contributed by atoms with E-state index < -0.39 is 0 Å². The summed E-state index contributed by atoms with van der Waals surface area (Å²) in [6.45, 7) is 4.28. The molecule has 0 aliphatic heterocycles. The van der Waals surface area contributed by atoms with Gasteiger partial charge in [-0.25, -0.2) is 4.79 Å². The third-order valence-electron chi connectivity index (χ3n) is 4.09. The lowest BCUT2D eigenvalue weighted by atomic mass is 10.1. The lowest BCUT2D eigenvalue weighted by molar-refractivity contribution is 0.0472. The average molecular weight is 330 g/mol. The van der Waals surface area contributed by atoms with Crippen LogP contribution in [0.25, 0.3) is 5.69 Å². The lowest BCUT2D eigenvalue weighted by Gasteiger charge is -2.10. The Morgan fingerprint density at radius 2 is 1.56 bits per heavy atom. The molecule has 0 unspecified atom stereocenters. The first-order chi connectivity index (χ1) is 12.1. The fraction of sp³-hybridized carbons (Fsp3) is 0.143. The minimum absolute atomic E-state index is 0.183. The van der Waals surface area contributed by atoms with Crippen LogP contribution in [0, 0.1) is 25.2 Å². The molecule has 25 heavy (non-hydrogen) atoms. The van der Waals surface area contributed by atoms with Crippen LogP contribution in [0.4, 0.5) is 0 Å². The highest BCUT2D eigenvalue weighted by molar-refractivity contribution is 5.89. The second kappa shape index (κ2) is 7.06. The van der Waals surface area contributed by atoms with Gasteiger partial charge in [0.2, 0.25) is 0 Å². The number of hydrogen-bond donors (Lipinski definition) is 0. The summed E-state index contributed by atoms with van der Waals surface area (Å²) in [7, 11) is 0. The van der Waals surface area contributed by atoms with Gasteiger partial charge in [-0.3, -0.25) is 0 Å². The third-order valence-corrected chi connectivity index (χ3v) is 4.09. The maximum Gasteiger partial charge on any atom is 0.338 e. The van der Waals surface area contributed by atoms with Crippen LogP contribution in [-0.4, -0.2) is 10.5 Å². The molecule has 0 radical (unpaired) electrons. The zero-order valence-corrected chi connectivity index (χ0v) is 14.2. The topological polar surface area (TPSA) is 55.0 Å². The minimum atomic E-state index is -0.364. The van der Waals surface area contributed by atoms with Gasteiger partial charge in [0.25, 0.3) is 0 Å². The summed E-state index contributed by atoms with van der Waals surface area (Å²) < 4.78 is 7.47. The second-order valence-corrected chi connectivity index (χ2v) is 5.88. The summed E-state index contributed by atoms with van der Waals surface area (Å²) in [5.41, 5.74) is 5.26. The SMILES string of the molecule is Cc1ccc(C)n1-c1ccc(C(=O)OCc2ccc(C#N)cc2)cc1. The lowest BCUT2D eigenvalue weighted by Crippen LogP contribution is -2.06. The molecule has 0 spiro atoms. The maximum atomic E-state index is 12.2. The Hall–Kier alpha value is -3.32. The van der Waals surface area contributed by atoms with Crippen LogP contribution in [0.15, 0.2) is 60.7 Å². The van der Waals surface area contributed by atoms with E-state index in [1.807, 2.05) is 26.0 Å². The van der Waals surface area contributed by atoms with Crippen LogP contribution in [0.3, 0.4) is 0 Å². The molecule has 2 aromatic carbocycles. The first-order valence-corrected chi connectivity index (χ1v) is 8.00. The third kappa shape index (κ3) is 3.61. The molecule has 1 aromatic heterocycles. The van der Waals surface area contributed by atoms with Crippen molar-refractivity contribution < 1.29 is 9.53 Å². The molecule has 4 heteroatoms. The number of esters is 1. The predicted octanol–water partition coefficient (Wildman–Crippen LogP) is 4.32. The Kier molecular flexibility index (Phi) is 4.67. The fourth-order valence-corrected chi connectivity index (χ4v) is 2.73. The highest BCUT2D eigenvalue weighted by Gasteiger charge is 2.09. The summed E-state index contributed by atoms with van der Waals surface area (Å²) in [6, 6.07) is 20.5. The molecular weight excluding hydrogens is 312 g/mol. The van der Waals surface area contributed by atoms with Crippen molar-refractivity contribution in [2.24, 2.45) is 0 Å². The number of nitriles is 1. The molecular formula is C21H18N2O2. The van der Waals surface area contributed by atoms with Gasteiger partial charge in [-0.05, 0) is 67.9 Å². The number of nitrogens with zero attached hydrogens (tertiary/aromatic N) is 2. The molecule has 0 atom stereocenters. The standard InChI is InChI=1S/C21H18N2O2/c1-15-3-4-16(2)23(15)20-11-9-19(10-12-20)21(24)25-14-18-7-5-17(13-22)6-8-18/h3-12H,14H2,1-2H3. The molecule has 3 rings (SSSR count). The maximum absolute atomic E-state index is 12.2. The molecule has 0 aliphatic carbocycles. The zero-order chi connectivity index (χ0) is 17.8. The number of aryl methyl sites for hydroxylation is 2. The molecule has 0 saturated heterocycles. The van der Waals surface area contributed by atoms with Crippen molar-refractivity contribution in [3.8, 4) is 11.8 Å². The molecule has 0 fully saturated rings. The molecule has 0 aliphatic rings. The molecule has 0 saturated carbocycles. The highest BCUT2D eigenvalue weighted by atomic mass is 16.5. The van der Waals surface area contributed by atoms with Crippen LogP contribution in [0.2, 0.25) is 0 Å². The van der Waals surface area contributed by atoms with E-state index in [9.17, 15) is 4.79 Å². The van der Waals surface area contributed by atoms with Crippen LogP contribution in [0.1, 0.15) is 32.9 Å². The summed E-state index contributed by atoms with van der Waals surface area (Å²) in [4.78, 5) is 12.2. The molecule has 124 valence electrons. The average Bonchev–Trinajstić information content (AvgIpc) is 2.98. The van der Waals surface area contributed by atoms with Gasteiger partial charge in [-0.1, -0.05) is 12.1 Å². The summed E-state index contributed by atoms with van der Waals surface area (Å²) in [5, 5.41) is 8.78. The summed E-state index contributed by atoms with van der Waals surface area (Å²) in [5.74, 6) is -0.364. The van der Waals surface area contributed by atoms with Gasteiger partial charge in [-0.2, -0.15) is 5.26 Å². The molecule has 0 bridgehead atoms. The Bertz CT molecular complexity index is 910. The van der Waals surface area contributed by atoms with Crippen molar-refractivity contribution >= 4 is 5.97 Å². The first-order valence-electron chi connectivity index (χ1n) is 8.00. The number of rotatable bonds is 4. The Morgan fingerprint density at radius 1 is 0.960 bits per heavy atom. The number of carbonyl (C=O) groups excluding carboxylic acids is 1. The summed E-state index contributed by atoms with van der Waals surface area (Å²) >= 11 is 0. The van der Waals surface area contributed by atoms with Crippen molar-refractivity contribution in [2.75, 3.05) is 0 Å². The predicted molar refractivity (Wildman–Crippen MR) is 95.5 cm³/mol. The molecule has 4 nitrogen and oxygen atoms in total. The fourth-order valence-electron chi connectivity index (χ4n) is 2.73. The molecule has 0 amide bonds. The van der Waals surface area contributed by atoms with Crippen molar-refractivity contribution in [3.05, 3.63) is 88.7 Å². The smallest absolute Gasteiger partial charge is 0.338 e. The van der Waals surface area contributed by atoms with Gasteiger partial charge < -0.3 is 9.30 Å². The van der Waals surface area contributed by atoms with Gasteiger partial charge in [0.05, 0.1) is 17.2 Å². The van der Waals surface area contributed by atoms with E-state index >= 15 is 0 Å². The number of ether oxygens (including phenoxy) is 1. The molecule has 0 N–H and O–H groups in total. The monoisotopic (exact) mass is 330 g/mol. The van der Waals surface area contributed by atoms with E-state index in [4.69, 9.17) is 10.00 Å². The van der Waals surface area contributed by atoms with Gasteiger partial charge in [0, 0.05) is 17.1 Å². The van der Waals surface area contributed by atoms with Gasteiger partial charge >= 0.3 is 5.97 Å². The van der Waals surface area contributed by atoms with E-state index in [-0.39, 0.29) is 12.6 Å². The summed E-state index contributed by atoms with van der Waals surface area (Å²) in [6.07, 6.45) is 0. The highest BCUT2D eigenvalue weighted by Crippen LogP contribution is 2.17. The second-order valence-electron chi connectivity index (χ2n) is 5.88. The van der Waals surface area contributed by atoms with Crippen LogP contribution >= 0.6 is 0 Å². The van der Waals surface area contributed by atoms with E-state index in [1.54, 1.807) is 36.4 Å². The normalized spacial score (nSPS) is 10.3. The first kappa shape index (κ1) is 16.5. The van der Waals surface area contributed by atoms with Gasteiger partial charge in [-0.15, -0.1) is 0 Å². The number of aromatic nitrogens is 1. The number of hydrogen-bond acceptors (Lipinski definition) is 3. The Balaban J connectivity index is 1.67. The van der Waals surface area contributed by atoms with Crippen LogP contribution in [-0.2, 0) is 11.3 Å². The van der Waals surface area contributed by atoms with E-state index in [1.165, 1.54) is 0 Å². The minimum Gasteiger partial charge on any atom is -0.457 e. The zero-order valence-electron chi connectivity index (χ0n) is 14.2. The van der Waals surface area contributed by atoms with Crippen molar-refractivity contribution in [2.45, 2.75) is 20.5 Å². The van der Waals surface area contributed by atoms with E-state index in [0.717, 1.165) is 22.6 Å². The quantitative estimate of drug-likeness (QED) is 0.669. The van der Waals surface area contributed by atoms with Gasteiger partial charge in [0.15, 0.2) is 0 Å². The van der Waals surface area contributed by atoms with Crippen LogP contribution < -0.4 is 0 Å². The molecule has 1 heterocycles. The van der Waals surface area contributed by atoms with Crippen molar-refractivity contribution in [1.29, 1.82) is 5.26 Å². The molecule has 3 aromatic rings. The Morgan fingerprint density at radius 3 is 2.12 bits per heavy atom. The van der Waals surface area contributed by atoms with Gasteiger partial charge in [0.1, 0.15) is 6.61 Å². The van der Waals surface area contributed by atoms with E-state index in [0.29, 0.717) is 11.1 Å². The van der Waals surface area contributed by atoms with Crippen molar-refractivity contribution in [3.63, 3.8) is 0 Å². The Labute approximate surface area is 146 Å². The van der Waals surface area contributed by atoms with Crippen LogP contribution in [0.5, 0.6) is 0 Å². The largest absolute Gasteiger partial charge is 0.457 e. The number of benzene rings is 2. The number of carbonyl (C=O) groups is 1. The van der Waals surface area contributed by atoms with Crippen molar-refractivity contribution in [1.82, 2.24) is 4.57 Å². The van der Waals surface area contributed by atoms with E-state index in [2.05, 4.69) is 22.8 Å².